The van der Waals surface area contributed by atoms with Gasteiger partial charge in [0.15, 0.2) is 0 Å². The quantitative estimate of drug-likeness (QED) is 0.526. The van der Waals surface area contributed by atoms with Gasteiger partial charge < -0.3 is 16.4 Å². The van der Waals surface area contributed by atoms with Gasteiger partial charge >= 0.3 is 0 Å². The van der Waals surface area contributed by atoms with E-state index in [1.54, 1.807) is 0 Å². The lowest BCUT2D eigenvalue weighted by molar-refractivity contribution is -0.119. The number of nitrogens with two attached hydrogens (primary N) is 1. The molecule has 1 unspecified atom stereocenters. The molecule has 0 saturated carbocycles. The first-order valence-corrected chi connectivity index (χ1v) is 5.03. The second-order valence-corrected chi connectivity index (χ2v) is 3.72. The lowest BCUT2D eigenvalue weighted by atomic mass is 10.2. The summed E-state index contributed by atoms with van der Waals surface area (Å²) >= 11 is 0. The maximum Gasteiger partial charge on any atom is 0.269 e. The minimum atomic E-state index is -0.273. The predicted octanol–water partition coefficient (Wildman–Crippen LogP) is -1.000. The molecule has 0 bridgehead atoms. The molecule has 0 spiro atoms. The number of nitrogens with one attached hydrogen (secondary N) is 3. The SMILES string of the molecule is Nc1cc(C(=O)NCC2CCC(=O)N2)[nH]n1. The summed E-state index contributed by atoms with van der Waals surface area (Å²) < 4.78 is 0. The van der Waals surface area contributed by atoms with Gasteiger partial charge in [0.25, 0.3) is 5.91 Å². The lowest BCUT2D eigenvalue weighted by Gasteiger charge is -2.10. The molecule has 16 heavy (non-hydrogen) atoms. The van der Waals surface area contributed by atoms with E-state index in [1.807, 2.05) is 0 Å². The number of nitrogen functional groups attached to an aromatic ring is 1. The second kappa shape index (κ2) is 4.21. The van der Waals surface area contributed by atoms with Crippen LogP contribution in [0.4, 0.5) is 5.82 Å². The van der Waals surface area contributed by atoms with Crippen molar-refractivity contribution in [1.82, 2.24) is 20.8 Å². The number of carbonyl (C=O) groups excluding carboxylic acids is 2. The van der Waals surface area contributed by atoms with Gasteiger partial charge in [-0.1, -0.05) is 0 Å². The van der Waals surface area contributed by atoms with Gasteiger partial charge in [0.1, 0.15) is 11.5 Å². The molecule has 2 amide bonds. The van der Waals surface area contributed by atoms with E-state index in [1.165, 1.54) is 6.07 Å². The Morgan fingerprint density at radius 1 is 1.69 bits per heavy atom. The summed E-state index contributed by atoms with van der Waals surface area (Å²) in [6.45, 7) is 0.420. The van der Waals surface area contributed by atoms with Crippen LogP contribution in [-0.2, 0) is 4.79 Å². The number of amides is 2. The Hall–Kier alpha value is -2.05. The molecule has 0 aliphatic carbocycles. The van der Waals surface area contributed by atoms with Gasteiger partial charge in [-0.2, -0.15) is 5.10 Å². The standard InChI is InChI=1S/C9H13N5O2/c10-7-3-6(13-14-7)9(16)11-4-5-1-2-8(15)12-5/h3,5H,1-2,4H2,(H,11,16)(H,12,15)(H3,10,13,14). The van der Waals surface area contributed by atoms with Crippen LogP contribution in [0, 0.1) is 0 Å². The smallest absolute Gasteiger partial charge is 0.269 e. The van der Waals surface area contributed by atoms with E-state index < -0.39 is 0 Å². The number of H-pyrrole nitrogens is 1. The molecule has 0 radical (unpaired) electrons. The fourth-order valence-electron chi connectivity index (χ4n) is 1.60. The topological polar surface area (TPSA) is 113 Å². The Morgan fingerprint density at radius 3 is 3.06 bits per heavy atom. The van der Waals surface area contributed by atoms with E-state index in [9.17, 15) is 9.59 Å². The highest BCUT2D eigenvalue weighted by molar-refractivity contribution is 5.93. The van der Waals surface area contributed by atoms with Gasteiger partial charge in [-0.15, -0.1) is 0 Å². The molecule has 1 aromatic rings. The first-order chi connectivity index (χ1) is 7.65. The molecule has 5 N–H and O–H groups in total. The summed E-state index contributed by atoms with van der Waals surface area (Å²) in [5.41, 5.74) is 5.69. The van der Waals surface area contributed by atoms with Gasteiger partial charge in [-0.05, 0) is 6.42 Å². The minimum absolute atomic E-state index is 0.0247. The zero-order valence-electron chi connectivity index (χ0n) is 8.62. The monoisotopic (exact) mass is 223 g/mol. The summed E-state index contributed by atoms with van der Waals surface area (Å²) in [6, 6.07) is 1.49. The zero-order chi connectivity index (χ0) is 11.5. The van der Waals surface area contributed by atoms with Crippen LogP contribution in [0.2, 0.25) is 0 Å². The molecule has 1 saturated heterocycles. The van der Waals surface area contributed by atoms with Crippen molar-refractivity contribution in [2.24, 2.45) is 0 Å². The number of rotatable bonds is 3. The highest BCUT2D eigenvalue weighted by atomic mass is 16.2. The zero-order valence-corrected chi connectivity index (χ0v) is 8.62. The average molecular weight is 223 g/mol. The number of hydrogen-bond acceptors (Lipinski definition) is 4. The van der Waals surface area contributed by atoms with Crippen LogP contribution in [0.5, 0.6) is 0 Å². The molecule has 7 heteroatoms. The van der Waals surface area contributed by atoms with Gasteiger partial charge in [0.05, 0.1) is 0 Å². The van der Waals surface area contributed by atoms with Crippen LogP contribution in [0.3, 0.4) is 0 Å². The van der Waals surface area contributed by atoms with Crippen molar-refractivity contribution in [3.8, 4) is 0 Å². The fourth-order valence-corrected chi connectivity index (χ4v) is 1.60. The van der Waals surface area contributed by atoms with Gasteiger partial charge in [0, 0.05) is 25.1 Å². The summed E-state index contributed by atoms with van der Waals surface area (Å²) in [5, 5.41) is 11.6. The Kier molecular flexibility index (Phi) is 2.76. The largest absolute Gasteiger partial charge is 0.382 e. The van der Waals surface area contributed by atoms with E-state index >= 15 is 0 Å². The van der Waals surface area contributed by atoms with Crippen molar-refractivity contribution < 1.29 is 9.59 Å². The van der Waals surface area contributed by atoms with Gasteiger partial charge in [-0.3, -0.25) is 14.7 Å². The molecular formula is C9H13N5O2. The van der Waals surface area contributed by atoms with E-state index in [2.05, 4.69) is 20.8 Å². The molecule has 2 heterocycles. The minimum Gasteiger partial charge on any atom is -0.382 e. The molecule has 86 valence electrons. The van der Waals surface area contributed by atoms with Gasteiger partial charge in [0.2, 0.25) is 5.91 Å². The lowest BCUT2D eigenvalue weighted by Crippen LogP contribution is -2.38. The first-order valence-electron chi connectivity index (χ1n) is 5.03. The van der Waals surface area contributed by atoms with Crippen molar-refractivity contribution in [2.75, 3.05) is 12.3 Å². The van der Waals surface area contributed by atoms with Crippen molar-refractivity contribution in [3.63, 3.8) is 0 Å². The van der Waals surface area contributed by atoms with Crippen LogP contribution >= 0.6 is 0 Å². The van der Waals surface area contributed by atoms with Crippen molar-refractivity contribution in [1.29, 1.82) is 0 Å². The molecule has 1 atom stereocenters. The Balaban J connectivity index is 1.82. The van der Waals surface area contributed by atoms with Crippen LogP contribution in [0.15, 0.2) is 6.07 Å². The van der Waals surface area contributed by atoms with E-state index in [0.717, 1.165) is 6.42 Å². The molecule has 1 fully saturated rings. The van der Waals surface area contributed by atoms with E-state index in [0.29, 0.717) is 18.7 Å². The highest BCUT2D eigenvalue weighted by Crippen LogP contribution is 2.05. The van der Waals surface area contributed by atoms with Crippen LogP contribution in [0.1, 0.15) is 23.3 Å². The molecule has 1 aliphatic rings. The van der Waals surface area contributed by atoms with Gasteiger partial charge in [-0.25, -0.2) is 0 Å². The Labute approximate surface area is 91.8 Å². The number of aromatic nitrogens is 2. The van der Waals surface area contributed by atoms with Crippen LogP contribution in [0.25, 0.3) is 0 Å². The Bertz CT molecular complexity index is 414. The second-order valence-electron chi connectivity index (χ2n) is 3.72. The summed E-state index contributed by atoms with van der Waals surface area (Å²) in [5.74, 6) is 0.0368. The molecule has 1 aliphatic heterocycles. The molecule has 2 rings (SSSR count). The van der Waals surface area contributed by atoms with Crippen LogP contribution < -0.4 is 16.4 Å². The molecular weight excluding hydrogens is 210 g/mol. The number of nitrogens with zero attached hydrogens (tertiary/aromatic N) is 1. The number of carbonyl (C=O) groups is 2. The normalized spacial score (nSPS) is 19.5. The fraction of sp³-hybridized carbons (Fsp3) is 0.444. The maximum atomic E-state index is 11.5. The molecule has 0 aromatic carbocycles. The van der Waals surface area contributed by atoms with Crippen molar-refractivity contribution >= 4 is 17.6 Å². The number of aromatic amines is 1. The number of anilines is 1. The first kappa shape index (κ1) is 10.5. The highest BCUT2D eigenvalue weighted by Gasteiger charge is 2.21. The van der Waals surface area contributed by atoms with Crippen LogP contribution in [-0.4, -0.2) is 34.6 Å². The number of hydrogen-bond donors (Lipinski definition) is 4. The summed E-state index contributed by atoms with van der Waals surface area (Å²) in [4.78, 5) is 22.5. The van der Waals surface area contributed by atoms with E-state index in [4.69, 9.17) is 5.73 Å². The average Bonchev–Trinajstić information content (AvgIpc) is 2.84. The summed E-state index contributed by atoms with van der Waals surface area (Å²) in [6.07, 6.45) is 1.28. The predicted molar refractivity (Wildman–Crippen MR) is 56.5 cm³/mol. The molecule has 7 nitrogen and oxygen atoms in total. The third-order valence-corrected chi connectivity index (χ3v) is 2.44. The maximum absolute atomic E-state index is 11.5. The summed E-state index contributed by atoms with van der Waals surface area (Å²) in [7, 11) is 0. The molecule has 1 aromatic heterocycles. The Morgan fingerprint density at radius 2 is 2.50 bits per heavy atom. The third-order valence-electron chi connectivity index (χ3n) is 2.44. The van der Waals surface area contributed by atoms with E-state index in [-0.39, 0.29) is 23.7 Å². The third kappa shape index (κ3) is 2.30. The van der Waals surface area contributed by atoms with Crippen molar-refractivity contribution in [2.45, 2.75) is 18.9 Å². The van der Waals surface area contributed by atoms with Crippen molar-refractivity contribution in [3.05, 3.63) is 11.8 Å².